The summed E-state index contributed by atoms with van der Waals surface area (Å²) >= 11 is 0. The van der Waals surface area contributed by atoms with Gasteiger partial charge in [-0.2, -0.15) is 8.42 Å². The van der Waals surface area contributed by atoms with Crippen LogP contribution in [-0.4, -0.2) is 55.3 Å². The molecular weight excluding hydrogens is 482 g/mol. The SMILES string of the molecule is CC(=O)N(CCCOS(C)(=O)=O)c1cc2nc(NC(=O)NC(C)(C)C)c(-c3ccccc3)cc2cn1. The molecule has 1 aromatic carbocycles. The van der Waals surface area contributed by atoms with Gasteiger partial charge in [0, 0.05) is 42.2 Å². The molecule has 0 atom stereocenters. The zero-order valence-corrected chi connectivity index (χ0v) is 21.8. The zero-order chi connectivity index (χ0) is 26.5. The highest BCUT2D eigenvalue weighted by Crippen LogP contribution is 2.31. The Morgan fingerprint density at radius 3 is 2.42 bits per heavy atom. The van der Waals surface area contributed by atoms with Crippen LogP contribution in [0.1, 0.15) is 34.1 Å². The standard InChI is InChI=1S/C25H31N5O5S/c1-17(31)30(12-9-13-35-36(5,33)34)22-15-21-19(16-26-22)14-20(18-10-7-6-8-11-18)23(27-21)28-24(32)29-25(2,3)4/h6-8,10-11,14-16H,9,12-13H2,1-5H3,(H2,27,28,29,32). The van der Waals surface area contributed by atoms with Crippen LogP contribution in [0, 0.1) is 0 Å². The number of nitrogens with one attached hydrogen (secondary N) is 2. The van der Waals surface area contributed by atoms with Crippen molar-refractivity contribution in [1.82, 2.24) is 15.3 Å². The molecule has 0 saturated carbocycles. The second kappa shape index (κ2) is 11.0. The van der Waals surface area contributed by atoms with Crippen LogP contribution in [0.25, 0.3) is 22.0 Å². The van der Waals surface area contributed by atoms with Gasteiger partial charge in [-0.15, -0.1) is 0 Å². The minimum Gasteiger partial charge on any atom is -0.333 e. The molecule has 36 heavy (non-hydrogen) atoms. The van der Waals surface area contributed by atoms with Gasteiger partial charge in [0.25, 0.3) is 10.1 Å². The topological polar surface area (TPSA) is 131 Å². The molecule has 2 N–H and O–H groups in total. The molecule has 0 aliphatic carbocycles. The molecule has 3 amide bonds. The minimum atomic E-state index is -3.56. The number of hydrogen-bond donors (Lipinski definition) is 2. The molecule has 2 aromatic heterocycles. The van der Waals surface area contributed by atoms with Crippen LogP contribution in [0.15, 0.2) is 48.7 Å². The zero-order valence-electron chi connectivity index (χ0n) is 21.0. The summed E-state index contributed by atoms with van der Waals surface area (Å²) in [7, 11) is -3.56. The third-order valence-electron chi connectivity index (χ3n) is 4.97. The fourth-order valence-corrected chi connectivity index (χ4v) is 3.90. The second-order valence-electron chi connectivity index (χ2n) is 9.37. The molecule has 0 aliphatic rings. The predicted octanol–water partition coefficient (Wildman–Crippen LogP) is 3.94. The number of anilines is 2. The molecule has 11 heteroatoms. The number of rotatable bonds is 8. The summed E-state index contributed by atoms with van der Waals surface area (Å²) in [4.78, 5) is 35.5. The molecule has 2 heterocycles. The fraction of sp³-hybridized carbons (Fsp3) is 0.360. The molecule has 192 valence electrons. The molecule has 0 spiro atoms. The van der Waals surface area contributed by atoms with Crippen LogP contribution < -0.4 is 15.5 Å². The predicted molar refractivity (Wildman–Crippen MR) is 140 cm³/mol. The van der Waals surface area contributed by atoms with E-state index in [0.717, 1.165) is 22.8 Å². The number of fused-ring (bicyclic) bond motifs is 1. The maximum atomic E-state index is 12.6. The van der Waals surface area contributed by atoms with Gasteiger partial charge in [-0.25, -0.2) is 14.8 Å². The lowest BCUT2D eigenvalue weighted by atomic mass is 10.0. The molecule has 3 rings (SSSR count). The van der Waals surface area contributed by atoms with E-state index in [4.69, 9.17) is 9.17 Å². The maximum absolute atomic E-state index is 12.6. The molecule has 0 radical (unpaired) electrons. The molecule has 0 fully saturated rings. The van der Waals surface area contributed by atoms with Crippen LogP contribution in [0.2, 0.25) is 0 Å². The Labute approximate surface area is 211 Å². The second-order valence-corrected chi connectivity index (χ2v) is 11.0. The first-order valence-electron chi connectivity index (χ1n) is 11.4. The van der Waals surface area contributed by atoms with E-state index in [0.29, 0.717) is 23.6 Å². The van der Waals surface area contributed by atoms with Gasteiger partial charge in [0.1, 0.15) is 11.6 Å². The van der Waals surface area contributed by atoms with Crippen LogP contribution in [0.3, 0.4) is 0 Å². The number of nitrogens with zero attached hydrogens (tertiary/aromatic N) is 3. The Kier molecular flexibility index (Phi) is 8.26. The van der Waals surface area contributed by atoms with Crippen LogP contribution >= 0.6 is 0 Å². The number of carbonyl (C=O) groups is 2. The largest absolute Gasteiger partial charge is 0.333 e. The summed E-state index contributed by atoms with van der Waals surface area (Å²) in [5.41, 5.74) is 1.69. The van der Waals surface area contributed by atoms with Crippen LogP contribution in [-0.2, 0) is 19.1 Å². The maximum Gasteiger partial charge on any atom is 0.320 e. The number of benzene rings is 1. The monoisotopic (exact) mass is 513 g/mol. The summed E-state index contributed by atoms with van der Waals surface area (Å²) in [6.07, 6.45) is 2.89. The van der Waals surface area contributed by atoms with Gasteiger partial charge in [0.2, 0.25) is 5.91 Å². The third kappa shape index (κ3) is 7.72. The van der Waals surface area contributed by atoms with Gasteiger partial charge in [-0.05, 0) is 38.8 Å². The highest BCUT2D eigenvalue weighted by Gasteiger charge is 2.19. The molecular formula is C25H31N5O5S. The molecule has 0 aliphatic heterocycles. The van der Waals surface area contributed by atoms with Crippen LogP contribution in [0.4, 0.5) is 16.4 Å². The minimum absolute atomic E-state index is 0.0498. The first-order chi connectivity index (χ1) is 16.8. The highest BCUT2D eigenvalue weighted by molar-refractivity contribution is 7.85. The van der Waals surface area contributed by atoms with E-state index in [9.17, 15) is 18.0 Å². The van der Waals surface area contributed by atoms with Gasteiger partial charge in [0.05, 0.1) is 18.4 Å². The first-order valence-corrected chi connectivity index (χ1v) is 13.2. The number of aromatic nitrogens is 2. The number of carbonyl (C=O) groups excluding carboxylic acids is 2. The number of pyridine rings is 2. The molecule has 0 bridgehead atoms. The van der Waals surface area contributed by atoms with E-state index in [1.165, 1.54) is 11.8 Å². The Morgan fingerprint density at radius 1 is 1.11 bits per heavy atom. The van der Waals surface area contributed by atoms with Crippen LogP contribution in [0.5, 0.6) is 0 Å². The highest BCUT2D eigenvalue weighted by atomic mass is 32.2. The number of urea groups is 1. The van der Waals surface area contributed by atoms with Crippen molar-refractivity contribution in [2.24, 2.45) is 0 Å². The summed E-state index contributed by atoms with van der Waals surface area (Å²) in [5.74, 6) is 0.466. The lowest BCUT2D eigenvalue weighted by Gasteiger charge is -2.22. The average molecular weight is 514 g/mol. The quantitative estimate of drug-likeness (QED) is 0.345. The lowest BCUT2D eigenvalue weighted by Crippen LogP contribution is -2.43. The average Bonchev–Trinajstić information content (AvgIpc) is 2.76. The summed E-state index contributed by atoms with van der Waals surface area (Å²) in [6.45, 7) is 7.21. The van der Waals surface area contributed by atoms with Crippen molar-refractivity contribution in [3.05, 3.63) is 48.7 Å². The summed E-state index contributed by atoms with van der Waals surface area (Å²) in [5, 5.41) is 6.44. The fourth-order valence-electron chi connectivity index (χ4n) is 3.48. The number of amides is 3. The van der Waals surface area contributed by atoms with Gasteiger partial charge in [0.15, 0.2) is 0 Å². The summed E-state index contributed by atoms with van der Waals surface area (Å²) in [6, 6.07) is 12.7. The van der Waals surface area contributed by atoms with Crippen molar-refractivity contribution in [3.63, 3.8) is 0 Å². The normalized spacial score (nSPS) is 11.8. The van der Waals surface area contributed by atoms with Crippen molar-refractivity contribution in [1.29, 1.82) is 0 Å². The van der Waals surface area contributed by atoms with E-state index in [-0.39, 0.29) is 19.1 Å². The Balaban J connectivity index is 1.97. The Hall–Kier alpha value is -3.57. The lowest BCUT2D eigenvalue weighted by molar-refractivity contribution is -0.116. The van der Waals surface area contributed by atoms with E-state index < -0.39 is 21.7 Å². The van der Waals surface area contributed by atoms with Gasteiger partial charge >= 0.3 is 6.03 Å². The van der Waals surface area contributed by atoms with Gasteiger partial charge < -0.3 is 5.32 Å². The van der Waals surface area contributed by atoms with E-state index >= 15 is 0 Å². The van der Waals surface area contributed by atoms with Gasteiger partial charge in [-0.1, -0.05) is 30.3 Å². The van der Waals surface area contributed by atoms with Gasteiger partial charge in [-0.3, -0.25) is 19.2 Å². The van der Waals surface area contributed by atoms with E-state index in [1.807, 2.05) is 57.2 Å². The van der Waals surface area contributed by atoms with Crippen molar-refractivity contribution < 1.29 is 22.2 Å². The Morgan fingerprint density at radius 2 is 1.81 bits per heavy atom. The van der Waals surface area contributed by atoms with Crippen molar-refractivity contribution in [3.8, 4) is 11.1 Å². The molecule has 0 unspecified atom stereocenters. The molecule has 10 nitrogen and oxygen atoms in total. The first kappa shape index (κ1) is 27.0. The smallest absolute Gasteiger partial charge is 0.320 e. The van der Waals surface area contributed by atoms with Crippen molar-refractivity contribution in [2.75, 3.05) is 29.6 Å². The summed E-state index contributed by atoms with van der Waals surface area (Å²) < 4.78 is 27.1. The third-order valence-corrected chi connectivity index (χ3v) is 5.56. The van der Waals surface area contributed by atoms with Crippen molar-refractivity contribution in [2.45, 2.75) is 39.7 Å². The van der Waals surface area contributed by atoms with E-state index in [2.05, 4.69) is 15.6 Å². The van der Waals surface area contributed by atoms with Crippen molar-refractivity contribution >= 4 is 44.6 Å². The van der Waals surface area contributed by atoms with E-state index in [1.54, 1.807) is 12.3 Å². The number of hydrogen-bond acceptors (Lipinski definition) is 7. The molecule has 0 saturated heterocycles. The Bertz CT molecular complexity index is 1350. The molecule has 3 aromatic rings.